The van der Waals surface area contributed by atoms with Gasteiger partial charge in [-0.25, -0.2) is 9.20 Å². The zero-order valence-corrected chi connectivity index (χ0v) is 16.7. The number of aryl methyl sites for hydroxylation is 1. The van der Waals surface area contributed by atoms with Crippen LogP contribution in [0, 0.1) is 6.92 Å². The number of ether oxygens (including phenoxy) is 1. The maximum Gasteiger partial charge on any atom is 0.293 e. The van der Waals surface area contributed by atoms with E-state index in [-0.39, 0.29) is 18.0 Å². The third-order valence-electron chi connectivity index (χ3n) is 4.58. The maximum absolute atomic E-state index is 12.8. The molecule has 0 atom stereocenters. The van der Waals surface area contributed by atoms with E-state index in [2.05, 4.69) is 15.5 Å². The summed E-state index contributed by atoms with van der Waals surface area (Å²) >= 11 is 0. The lowest BCUT2D eigenvalue weighted by Gasteiger charge is -2.07. The van der Waals surface area contributed by atoms with Crippen molar-refractivity contribution in [1.29, 1.82) is 0 Å². The molecule has 2 aromatic carbocycles. The van der Waals surface area contributed by atoms with Crippen molar-refractivity contribution in [2.45, 2.75) is 20.4 Å². The lowest BCUT2D eigenvalue weighted by Crippen LogP contribution is -2.30. The Labute approximate surface area is 172 Å². The van der Waals surface area contributed by atoms with Crippen molar-refractivity contribution in [3.8, 4) is 17.0 Å². The third kappa shape index (κ3) is 4.07. The van der Waals surface area contributed by atoms with Crippen LogP contribution in [0.5, 0.6) is 5.75 Å². The second-order valence-electron chi connectivity index (χ2n) is 6.82. The average molecular weight is 403 g/mol. The van der Waals surface area contributed by atoms with E-state index in [1.54, 1.807) is 6.07 Å². The molecular weight excluding hydrogens is 382 g/mol. The molecule has 0 radical (unpaired) electrons. The van der Waals surface area contributed by atoms with Gasteiger partial charge in [-0.3, -0.25) is 9.59 Å². The Hall–Kier alpha value is -3.94. The highest BCUT2D eigenvalue weighted by molar-refractivity contribution is 5.90. The van der Waals surface area contributed by atoms with E-state index < -0.39 is 0 Å². The molecule has 0 unspecified atom stereocenters. The standard InChI is InChI=1S/C22H21N5O3/c1-3-30-18-10-6-16(7-11-18)19-12-20-22(29)26(23-14-27(20)25-19)13-21(28)24-17-8-4-15(2)5-9-17/h4-12,14H,3,13H2,1-2H3,(H,24,28). The van der Waals surface area contributed by atoms with Crippen molar-refractivity contribution in [1.82, 2.24) is 19.4 Å². The maximum atomic E-state index is 12.8. The molecule has 1 N–H and O–H groups in total. The van der Waals surface area contributed by atoms with Gasteiger partial charge in [0.2, 0.25) is 5.91 Å². The molecule has 0 saturated heterocycles. The van der Waals surface area contributed by atoms with E-state index in [4.69, 9.17) is 4.74 Å². The number of rotatable bonds is 6. The van der Waals surface area contributed by atoms with Crippen molar-refractivity contribution >= 4 is 17.1 Å². The van der Waals surface area contributed by atoms with Crippen LogP contribution in [0.4, 0.5) is 5.69 Å². The van der Waals surface area contributed by atoms with Crippen molar-refractivity contribution in [3.05, 3.63) is 76.8 Å². The van der Waals surface area contributed by atoms with E-state index in [1.165, 1.54) is 10.8 Å². The van der Waals surface area contributed by atoms with Crippen LogP contribution >= 0.6 is 0 Å². The van der Waals surface area contributed by atoms with Crippen molar-refractivity contribution < 1.29 is 9.53 Å². The van der Waals surface area contributed by atoms with Gasteiger partial charge in [-0.1, -0.05) is 17.7 Å². The number of carbonyl (C=O) groups is 1. The predicted molar refractivity (Wildman–Crippen MR) is 114 cm³/mol. The van der Waals surface area contributed by atoms with Crippen LogP contribution in [0.3, 0.4) is 0 Å². The first kappa shape index (κ1) is 19.4. The van der Waals surface area contributed by atoms with Gasteiger partial charge in [0.05, 0.1) is 12.3 Å². The molecule has 8 heteroatoms. The summed E-state index contributed by atoms with van der Waals surface area (Å²) in [4.78, 5) is 25.1. The molecule has 0 fully saturated rings. The first-order valence-electron chi connectivity index (χ1n) is 9.59. The highest BCUT2D eigenvalue weighted by Crippen LogP contribution is 2.21. The predicted octanol–water partition coefficient (Wildman–Crippen LogP) is 2.90. The van der Waals surface area contributed by atoms with Crippen molar-refractivity contribution in [2.24, 2.45) is 0 Å². The summed E-state index contributed by atoms with van der Waals surface area (Å²) in [5.74, 6) is 0.442. The largest absolute Gasteiger partial charge is 0.494 e. The molecule has 4 rings (SSSR count). The van der Waals surface area contributed by atoms with Crippen LogP contribution in [0.1, 0.15) is 12.5 Å². The lowest BCUT2D eigenvalue weighted by atomic mass is 10.1. The fourth-order valence-corrected chi connectivity index (χ4v) is 3.05. The molecule has 4 aromatic rings. The number of carbonyl (C=O) groups excluding carboxylic acids is 1. The van der Waals surface area contributed by atoms with Crippen LogP contribution in [-0.2, 0) is 11.3 Å². The van der Waals surface area contributed by atoms with Gasteiger partial charge in [0.25, 0.3) is 5.56 Å². The molecule has 152 valence electrons. The summed E-state index contributed by atoms with van der Waals surface area (Å²) in [6.45, 7) is 4.30. The van der Waals surface area contributed by atoms with Crippen LogP contribution in [0.15, 0.2) is 65.7 Å². The molecule has 0 bridgehead atoms. The number of hydrogen-bond donors (Lipinski definition) is 1. The second kappa shape index (κ2) is 8.20. The smallest absolute Gasteiger partial charge is 0.293 e. The summed E-state index contributed by atoms with van der Waals surface area (Å²) < 4.78 is 8.00. The van der Waals surface area contributed by atoms with Gasteiger partial charge in [-0.2, -0.15) is 10.2 Å². The molecule has 2 aromatic heterocycles. The first-order valence-corrected chi connectivity index (χ1v) is 9.59. The van der Waals surface area contributed by atoms with E-state index in [9.17, 15) is 9.59 Å². The molecule has 1 amide bonds. The Bertz CT molecular complexity index is 1240. The summed E-state index contributed by atoms with van der Waals surface area (Å²) in [5.41, 5.74) is 3.21. The molecule has 0 aliphatic heterocycles. The highest BCUT2D eigenvalue weighted by Gasteiger charge is 2.12. The molecule has 8 nitrogen and oxygen atoms in total. The van der Waals surface area contributed by atoms with Crippen LogP contribution in [-0.4, -0.2) is 31.9 Å². The number of benzene rings is 2. The average Bonchev–Trinajstić information content (AvgIpc) is 3.18. The number of aromatic nitrogens is 4. The van der Waals surface area contributed by atoms with Gasteiger partial charge in [0.15, 0.2) is 0 Å². The Morgan fingerprint density at radius 2 is 1.83 bits per heavy atom. The molecule has 0 saturated carbocycles. The Balaban J connectivity index is 1.55. The quantitative estimate of drug-likeness (QED) is 0.535. The Morgan fingerprint density at radius 1 is 1.10 bits per heavy atom. The van der Waals surface area contributed by atoms with Gasteiger partial charge in [0, 0.05) is 11.3 Å². The number of nitrogens with one attached hydrogen (secondary N) is 1. The molecular formula is C22H21N5O3. The number of anilines is 1. The zero-order chi connectivity index (χ0) is 21.1. The number of hydrogen-bond acceptors (Lipinski definition) is 5. The zero-order valence-electron chi connectivity index (χ0n) is 16.7. The normalized spacial score (nSPS) is 10.9. The van der Waals surface area contributed by atoms with Gasteiger partial charge in [0.1, 0.15) is 24.1 Å². The van der Waals surface area contributed by atoms with Gasteiger partial charge in [-0.05, 0) is 56.3 Å². The molecule has 0 aliphatic rings. The van der Waals surface area contributed by atoms with Crippen molar-refractivity contribution in [2.75, 3.05) is 11.9 Å². The Kier molecular flexibility index (Phi) is 5.30. The van der Waals surface area contributed by atoms with Crippen LogP contribution in [0.2, 0.25) is 0 Å². The summed E-state index contributed by atoms with van der Waals surface area (Å²) in [6.07, 6.45) is 1.42. The summed E-state index contributed by atoms with van der Waals surface area (Å²) in [6, 6.07) is 16.6. The van der Waals surface area contributed by atoms with Gasteiger partial charge >= 0.3 is 0 Å². The third-order valence-corrected chi connectivity index (χ3v) is 4.58. The summed E-state index contributed by atoms with van der Waals surface area (Å²) in [5, 5.41) is 11.3. The van der Waals surface area contributed by atoms with Crippen LogP contribution < -0.4 is 15.6 Å². The lowest BCUT2D eigenvalue weighted by molar-refractivity contribution is -0.117. The fraction of sp³-hybridized carbons (Fsp3) is 0.182. The minimum Gasteiger partial charge on any atom is -0.494 e. The van der Waals surface area contributed by atoms with Crippen molar-refractivity contribution in [3.63, 3.8) is 0 Å². The number of nitrogens with zero attached hydrogens (tertiary/aromatic N) is 4. The number of fused-ring (bicyclic) bond motifs is 1. The molecule has 30 heavy (non-hydrogen) atoms. The number of amides is 1. The second-order valence-corrected chi connectivity index (χ2v) is 6.82. The minimum absolute atomic E-state index is 0.188. The molecule has 0 aliphatic carbocycles. The highest BCUT2D eigenvalue weighted by atomic mass is 16.5. The van der Waals surface area contributed by atoms with E-state index in [0.717, 1.165) is 21.6 Å². The van der Waals surface area contributed by atoms with E-state index >= 15 is 0 Å². The van der Waals surface area contributed by atoms with E-state index in [0.29, 0.717) is 23.5 Å². The SMILES string of the molecule is CCOc1ccc(-c2cc3c(=O)n(CC(=O)Nc4ccc(C)cc4)ncn3n2)cc1. The van der Waals surface area contributed by atoms with Crippen LogP contribution in [0.25, 0.3) is 16.8 Å². The summed E-state index contributed by atoms with van der Waals surface area (Å²) in [7, 11) is 0. The minimum atomic E-state index is -0.388. The van der Waals surface area contributed by atoms with E-state index in [1.807, 2.05) is 62.4 Å². The first-order chi connectivity index (χ1) is 14.5. The van der Waals surface area contributed by atoms with Gasteiger partial charge in [-0.15, -0.1) is 0 Å². The topological polar surface area (TPSA) is 90.5 Å². The molecule has 0 spiro atoms. The fourth-order valence-electron chi connectivity index (χ4n) is 3.05. The monoisotopic (exact) mass is 403 g/mol. The molecule has 2 heterocycles. The Morgan fingerprint density at radius 3 is 2.53 bits per heavy atom. The van der Waals surface area contributed by atoms with Gasteiger partial charge < -0.3 is 10.1 Å².